The summed E-state index contributed by atoms with van der Waals surface area (Å²) in [4.78, 5) is 23.5. The molecule has 0 heterocycles. The van der Waals surface area contributed by atoms with Crippen LogP contribution in [0.25, 0.3) is 0 Å². The van der Waals surface area contributed by atoms with E-state index in [1.54, 1.807) is 6.08 Å². The highest BCUT2D eigenvalue weighted by atomic mass is 31.2. The number of rotatable bonds is 77. The zero-order chi connectivity index (χ0) is 66.9. The fourth-order valence-electron chi connectivity index (χ4n) is 12.7. The minimum atomic E-state index is -4.36. The summed E-state index contributed by atoms with van der Waals surface area (Å²) in [5, 5.41) is 14.1. The van der Waals surface area contributed by atoms with Crippen molar-refractivity contribution < 1.29 is 32.9 Å². The maximum absolute atomic E-state index is 13.1. The molecular formula is C83H162N2O6P+. The van der Waals surface area contributed by atoms with Gasteiger partial charge >= 0.3 is 7.82 Å². The van der Waals surface area contributed by atoms with Crippen molar-refractivity contribution in [2.45, 2.75) is 437 Å². The maximum Gasteiger partial charge on any atom is 0.472 e. The Bertz CT molecular complexity index is 1640. The Hall–Kier alpha value is -1.54. The van der Waals surface area contributed by atoms with E-state index in [0.29, 0.717) is 17.4 Å². The minimum Gasteiger partial charge on any atom is -0.387 e. The zero-order valence-electron chi connectivity index (χ0n) is 62.6. The molecule has 0 saturated heterocycles. The van der Waals surface area contributed by atoms with Gasteiger partial charge in [-0.25, -0.2) is 4.57 Å². The molecule has 3 atom stereocenters. The van der Waals surface area contributed by atoms with Crippen molar-refractivity contribution in [2.75, 3.05) is 40.9 Å². The van der Waals surface area contributed by atoms with Crippen molar-refractivity contribution in [2.24, 2.45) is 0 Å². The molecule has 3 N–H and O–H groups in total. The lowest BCUT2D eigenvalue weighted by Crippen LogP contribution is -2.45. The molecule has 544 valence electrons. The summed E-state index contributed by atoms with van der Waals surface area (Å²) in [6.45, 7) is 4.87. The van der Waals surface area contributed by atoms with E-state index in [1.165, 1.54) is 360 Å². The van der Waals surface area contributed by atoms with Gasteiger partial charge in [0.2, 0.25) is 5.91 Å². The van der Waals surface area contributed by atoms with Gasteiger partial charge in [0.1, 0.15) is 13.2 Å². The molecule has 0 aliphatic rings. The van der Waals surface area contributed by atoms with E-state index in [9.17, 15) is 19.4 Å². The molecule has 3 unspecified atom stereocenters. The SMILES string of the molecule is CCCCCCC/C=C\C/C=C\C/C=C\CCCCCCCCCCCCCCCCCCCCCCCCCCC(=O)NC(COP(=O)(O)OCC[N+](C)(C)C)C(O)/C=C/CCCCCCCCCCCCCCCCCCCCCCCCCCCCCCC. The van der Waals surface area contributed by atoms with E-state index >= 15 is 0 Å². The number of amides is 1. The number of hydrogen-bond acceptors (Lipinski definition) is 5. The number of aliphatic hydroxyl groups is 1. The highest BCUT2D eigenvalue weighted by Gasteiger charge is 2.28. The van der Waals surface area contributed by atoms with Crippen molar-refractivity contribution in [3.05, 3.63) is 48.6 Å². The summed E-state index contributed by atoms with van der Waals surface area (Å²) < 4.78 is 23.9. The fraction of sp³-hybridized carbons (Fsp3) is 0.892. The maximum atomic E-state index is 13.1. The Morgan fingerprint density at radius 2 is 0.620 bits per heavy atom. The number of carbonyl (C=O) groups is 1. The Balaban J connectivity index is 3.93. The van der Waals surface area contributed by atoms with Crippen molar-refractivity contribution in [1.29, 1.82) is 0 Å². The van der Waals surface area contributed by atoms with Gasteiger partial charge in [0.05, 0.1) is 39.9 Å². The average molecular weight is 1320 g/mol. The molecule has 1 amide bonds. The lowest BCUT2D eigenvalue weighted by Gasteiger charge is -2.25. The number of allylic oxidation sites excluding steroid dienone is 7. The minimum absolute atomic E-state index is 0.0637. The molecule has 0 aliphatic carbocycles. The van der Waals surface area contributed by atoms with Gasteiger partial charge in [0.25, 0.3) is 0 Å². The van der Waals surface area contributed by atoms with Gasteiger partial charge in [-0.3, -0.25) is 13.8 Å². The first-order chi connectivity index (χ1) is 45.0. The van der Waals surface area contributed by atoms with Crippen molar-refractivity contribution >= 4 is 13.7 Å². The lowest BCUT2D eigenvalue weighted by molar-refractivity contribution is -0.870. The first-order valence-corrected chi connectivity index (χ1v) is 42.5. The molecule has 0 aromatic heterocycles. The van der Waals surface area contributed by atoms with E-state index in [0.717, 1.165) is 44.9 Å². The largest absolute Gasteiger partial charge is 0.472 e. The van der Waals surface area contributed by atoms with Crippen LogP contribution in [0.1, 0.15) is 425 Å². The molecule has 8 nitrogen and oxygen atoms in total. The van der Waals surface area contributed by atoms with Crippen molar-refractivity contribution in [3.63, 3.8) is 0 Å². The summed E-state index contributed by atoms with van der Waals surface area (Å²) in [5.41, 5.74) is 0. The third-order valence-corrected chi connectivity index (χ3v) is 20.0. The van der Waals surface area contributed by atoms with Gasteiger partial charge in [0, 0.05) is 6.42 Å². The number of quaternary nitrogens is 1. The quantitative estimate of drug-likeness (QED) is 0.0243. The molecule has 92 heavy (non-hydrogen) atoms. The lowest BCUT2D eigenvalue weighted by atomic mass is 10.0. The van der Waals surface area contributed by atoms with Crippen LogP contribution in [-0.2, 0) is 18.4 Å². The molecule has 0 rings (SSSR count). The molecule has 0 aliphatic heterocycles. The Labute approximate surface area is 575 Å². The van der Waals surface area contributed by atoms with Crippen molar-refractivity contribution in [1.82, 2.24) is 5.32 Å². The molecule has 0 spiro atoms. The summed E-state index contributed by atoms with van der Waals surface area (Å²) in [7, 11) is 1.59. The van der Waals surface area contributed by atoms with E-state index in [4.69, 9.17) is 9.05 Å². The van der Waals surface area contributed by atoms with Crippen LogP contribution in [0.5, 0.6) is 0 Å². The average Bonchev–Trinajstić information content (AvgIpc) is 2.63. The monoisotopic (exact) mass is 1310 g/mol. The van der Waals surface area contributed by atoms with Gasteiger partial charge in [0.15, 0.2) is 0 Å². The number of hydrogen-bond donors (Lipinski definition) is 3. The molecule has 0 bridgehead atoms. The number of phosphoric ester groups is 1. The van der Waals surface area contributed by atoms with Crippen LogP contribution in [0.3, 0.4) is 0 Å². The third kappa shape index (κ3) is 75.8. The normalized spacial score (nSPS) is 13.7. The number of aliphatic hydroxyl groups excluding tert-OH is 1. The van der Waals surface area contributed by atoms with E-state index in [2.05, 4.69) is 55.6 Å². The van der Waals surface area contributed by atoms with Gasteiger partial charge in [-0.05, 0) is 57.8 Å². The summed E-state index contributed by atoms with van der Waals surface area (Å²) in [6.07, 6.45) is 102. The Kier molecular flexibility index (Phi) is 72.5. The first-order valence-electron chi connectivity index (χ1n) is 41.0. The standard InChI is InChI=1S/C83H161N2O6P/c1-6-8-10-12-14-16-18-20-22-24-26-28-30-32-34-36-38-39-40-41-42-43-44-45-47-49-51-53-55-57-59-61-63-65-67-69-71-73-75-77-83(87)84-81(80-91-92(88,89)90-79-78-85(3,4)5)82(86)76-74-72-70-68-66-64-62-60-58-56-54-52-50-48-46-37-35-33-31-29-27-25-23-21-19-17-15-13-11-9-7-2/h18,20,24,26,30,32,74,76,81-82,86H,6-17,19,21-23,25,27-29,31,33-73,75,77-80H2,1-5H3,(H-,84,87,88,89)/p+1/b20-18-,26-24-,32-30-,76-74+. The van der Waals surface area contributed by atoms with Crippen LogP contribution in [0.4, 0.5) is 0 Å². The molecule has 0 fully saturated rings. The number of likely N-dealkylation sites (N-methyl/N-ethyl adjacent to an activating group) is 1. The number of carbonyl (C=O) groups excluding carboxylic acids is 1. The molecule has 0 saturated carbocycles. The summed E-state index contributed by atoms with van der Waals surface area (Å²) in [5.74, 6) is -0.168. The predicted octanol–water partition coefficient (Wildman–Crippen LogP) is 26.9. The number of phosphoric acid groups is 1. The number of unbranched alkanes of at least 4 members (excludes halogenated alkanes) is 58. The topological polar surface area (TPSA) is 105 Å². The van der Waals surface area contributed by atoms with Gasteiger partial charge < -0.3 is 19.8 Å². The fourth-order valence-corrected chi connectivity index (χ4v) is 13.4. The zero-order valence-corrected chi connectivity index (χ0v) is 63.5. The van der Waals surface area contributed by atoms with Crippen LogP contribution >= 0.6 is 7.82 Å². The molecule has 9 heteroatoms. The molecular weight excluding hydrogens is 1150 g/mol. The second kappa shape index (κ2) is 73.7. The third-order valence-electron chi connectivity index (χ3n) is 19.0. The van der Waals surface area contributed by atoms with Crippen molar-refractivity contribution in [3.8, 4) is 0 Å². The Morgan fingerprint density at radius 1 is 0.370 bits per heavy atom. The van der Waals surface area contributed by atoms with Crippen LogP contribution in [0, 0.1) is 0 Å². The van der Waals surface area contributed by atoms with E-state index in [1.807, 2.05) is 27.2 Å². The summed E-state index contributed by atoms with van der Waals surface area (Å²) in [6, 6.07) is -0.848. The second-order valence-electron chi connectivity index (χ2n) is 29.5. The van der Waals surface area contributed by atoms with Crippen LogP contribution in [-0.4, -0.2) is 73.4 Å². The first kappa shape index (κ1) is 90.5. The number of nitrogens with zero attached hydrogens (tertiary/aromatic N) is 1. The molecule has 0 aromatic carbocycles. The van der Waals surface area contributed by atoms with Gasteiger partial charge in [-0.1, -0.05) is 409 Å². The van der Waals surface area contributed by atoms with E-state index < -0.39 is 20.0 Å². The van der Waals surface area contributed by atoms with Crippen LogP contribution in [0.15, 0.2) is 48.6 Å². The van der Waals surface area contributed by atoms with Gasteiger partial charge in [-0.15, -0.1) is 0 Å². The Morgan fingerprint density at radius 3 is 0.902 bits per heavy atom. The molecule has 0 radical (unpaired) electrons. The predicted molar refractivity (Wildman–Crippen MR) is 406 cm³/mol. The summed E-state index contributed by atoms with van der Waals surface area (Å²) >= 11 is 0. The van der Waals surface area contributed by atoms with E-state index in [-0.39, 0.29) is 19.1 Å². The molecule has 0 aromatic rings. The van der Waals surface area contributed by atoms with Crippen LogP contribution < -0.4 is 5.32 Å². The second-order valence-corrected chi connectivity index (χ2v) is 31.0. The smallest absolute Gasteiger partial charge is 0.387 e. The van der Waals surface area contributed by atoms with Gasteiger partial charge in [-0.2, -0.15) is 0 Å². The highest BCUT2D eigenvalue weighted by Crippen LogP contribution is 2.43. The highest BCUT2D eigenvalue weighted by molar-refractivity contribution is 7.47. The van der Waals surface area contributed by atoms with Crippen LogP contribution in [0.2, 0.25) is 0 Å². The number of nitrogens with one attached hydrogen (secondary N) is 1.